The minimum atomic E-state index is 0.782. The third-order valence-electron chi connectivity index (χ3n) is 7.60. The molecule has 6 fully saturated rings. The standard InChI is InChI=1S/C19H31N/c1-2-6-20(13-14-4-5-14)18(3-1)19-10-15-7-16(11-19)9-17(8-15)12-19/h14-18H,1-13H2. The van der Waals surface area contributed by atoms with E-state index in [-0.39, 0.29) is 0 Å². The second kappa shape index (κ2) is 4.48. The Morgan fingerprint density at radius 1 is 0.800 bits per heavy atom. The smallest absolute Gasteiger partial charge is 0.0152 e. The lowest BCUT2D eigenvalue weighted by Crippen LogP contribution is -2.58. The van der Waals surface area contributed by atoms with Crippen molar-refractivity contribution in [2.45, 2.75) is 76.7 Å². The van der Waals surface area contributed by atoms with Crippen molar-refractivity contribution in [1.29, 1.82) is 0 Å². The zero-order valence-corrected chi connectivity index (χ0v) is 13.0. The van der Waals surface area contributed by atoms with Crippen LogP contribution in [0.4, 0.5) is 0 Å². The summed E-state index contributed by atoms with van der Waals surface area (Å²) >= 11 is 0. The summed E-state index contributed by atoms with van der Waals surface area (Å²) in [6, 6.07) is 0.991. The van der Waals surface area contributed by atoms with Crippen LogP contribution in [0.15, 0.2) is 0 Å². The van der Waals surface area contributed by atoms with Crippen LogP contribution in [-0.2, 0) is 0 Å². The molecule has 1 unspecified atom stereocenters. The molecule has 0 N–H and O–H groups in total. The van der Waals surface area contributed by atoms with E-state index < -0.39 is 0 Å². The molecule has 4 bridgehead atoms. The molecular formula is C19H31N. The Morgan fingerprint density at radius 2 is 1.45 bits per heavy atom. The van der Waals surface area contributed by atoms with Gasteiger partial charge in [-0.3, -0.25) is 4.90 Å². The lowest BCUT2D eigenvalue weighted by Gasteiger charge is -2.62. The van der Waals surface area contributed by atoms with E-state index in [9.17, 15) is 0 Å². The Morgan fingerprint density at radius 3 is 2.05 bits per heavy atom. The molecule has 1 atom stereocenters. The van der Waals surface area contributed by atoms with Crippen LogP contribution < -0.4 is 0 Å². The minimum absolute atomic E-state index is 0.782. The van der Waals surface area contributed by atoms with Gasteiger partial charge in [-0.05, 0) is 99.8 Å². The molecule has 0 aromatic heterocycles. The molecule has 1 aliphatic heterocycles. The van der Waals surface area contributed by atoms with E-state index >= 15 is 0 Å². The molecule has 0 amide bonds. The highest BCUT2D eigenvalue weighted by Crippen LogP contribution is 2.63. The lowest BCUT2D eigenvalue weighted by atomic mass is 9.47. The van der Waals surface area contributed by atoms with Gasteiger partial charge in [-0.25, -0.2) is 0 Å². The van der Waals surface area contributed by atoms with E-state index in [1.165, 1.54) is 38.8 Å². The van der Waals surface area contributed by atoms with Gasteiger partial charge in [0.1, 0.15) is 0 Å². The van der Waals surface area contributed by atoms with Crippen LogP contribution in [0, 0.1) is 29.1 Å². The summed E-state index contributed by atoms with van der Waals surface area (Å²) in [6.07, 6.45) is 17.3. The highest BCUT2D eigenvalue weighted by molar-refractivity contribution is 5.07. The lowest BCUT2D eigenvalue weighted by molar-refractivity contribution is -0.110. The van der Waals surface area contributed by atoms with Crippen LogP contribution in [-0.4, -0.2) is 24.0 Å². The number of hydrogen-bond donors (Lipinski definition) is 0. The van der Waals surface area contributed by atoms with Gasteiger partial charge in [-0.1, -0.05) is 6.42 Å². The maximum Gasteiger partial charge on any atom is 0.0152 e. The Balaban J connectivity index is 1.41. The van der Waals surface area contributed by atoms with E-state index in [1.807, 2.05) is 0 Å². The first-order valence-electron chi connectivity index (χ1n) is 9.55. The number of hydrogen-bond acceptors (Lipinski definition) is 1. The third kappa shape index (κ3) is 1.99. The largest absolute Gasteiger partial charge is 0.300 e. The van der Waals surface area contributed by atoms with Crippen LogP contribution in [0.2, 0.25) is 0 Å². The van der Waals surface area contributed by atoms with Gasteiger partial charge in [0.05, 0.1) is 0 Å². The first kappa shape index (κ1) is 12.5. The molecule has 5 saturated carbocycles. The summed E-state index contributed by atoms with van der Waals surface area (Å²) in [6.45, 7) is 2.90. The van der Waals surface area contributed by atoms with Gasteiger partial charge in [0.25, 0.3) is 0 Å². The number of likely N-dealkylation sites (tertiary alicyclic amines) is 1. The van der Waals surface area contributed by atoms with Crippen LogP contribution in [0.25, 0.3) is 0 Å². The molecule has 6 rings (SSSR count). The highest BCUT2D eigenvalue weighted by atomic mass is 15.2. The van der Waals surface area contributed by atoms with Crippen molar-refractivity contribution in [2.24, 2.45) is 29.1 Å². The quantitative estimate of drug-likeness (QED) is 0.733. The van der Waals surface area contributed by atoms with Crippen LogP contribution >= 0.6 is 0 Å². The summed E-state index contributed by atoms with van der Waals surface area (Å²) < 4.78 is 0. The SMILES string of the molecule is C1CCN(CC2CC2)C(C23CC4CC(CC(C4)C2)C3)C1. The second-order valence-corrected chi connectivity index (χ2v) is 9.23. The van der Waals surface area contributed by atoms with Crippen molar-refractivity contribution in [1.82, 2.24) is 4.90 Å². The molecule has 1 nitrogen and oxygen atoms in total. The van der Waals surface area contributed by atoms with Crippen LogP contribution in [0.3, 0.4) is 0 Å². The van der Waals surface area contributed by atoms with E-state index in [0.717, 1.165) is 35.1 Å². The number of rotatable bonds is 3. The normalized spacial score (nSPS) is 51.6. The average molecular weight is 273 g/mol. The van der Waals surface area contributed by atoms with Crippen LogP contribution in [0.1, 0.15) is 70.6 Å². The first-order chi connectivity index (χ1) is 9.81. The Labute approximate surface area is 124 Å². The van der Waals surface area contributed by atoms with Crippen molar-refractivity contribution in [2.75, 3.05) is 13.1 Å². The van der Waals surface area contributed by atoms with Gasteiger partial charge in [0, 0.05) is 12.6 Å². The van der Waals surface area contributed by atoms with Crippen LogP contribution in [0.5, 0.6) is 0 Å². The molecule has 1 saturated heterocycles. The Bertz CT molecular complexity index is 348. The second-order valence-electron chi connectivity index (χ2n) is 9.23. The summed E-state index contributed by atoms with van der Waals surface area (Å²) in [5, 5.41) is 0. The summed E-state index contributed by atoms with van der Waals surface area (Å²) in [4.78, 5) is 2.99. The summed E-state index contributed by atoms with van der Waals surface area (Å²) in [5.41, 5.74) is 0.782. The fraction of sp³-hybridized carbons (Fsp3) is 1.00. The predicted octanol–water partition coefficient (Wildman–Crippen LogP) is 4.47. The summed E-state index contributed by atoms with van der Waals surface area (Å²) in [7, 11) is 0. The van der Waals surface area contributed by atoms with Crippen molar-refractivity contribution >= 4 is 0 Å². The molecule has 0 spiro atoms. The first-order valence-corrected chi connectivity index (χ1v) is 9.55. The number of nitrogens with zero attached hydrogens (tertiary/aromatic N) is 1. The van der Waals surface area contributed by atoms with Crippen molar-refractivity contribution < 1.29 is 0 Å². The zero-order chi connectivity index (χ0) is 13.2. The topological polar surface area (TPSA) is 3.24 Å². The molecule has 0 aromatic rings. The minimum Gasteiger partial charge on any atom is -0.300 e. The molecule has 0 aromatic carbocycles. The molecule has 0 radical (unpaired) electrons. The molecule has 112 valence electrons. The monoisotopic (exact) mass is 273 g/mol. The summed E-state index contributed by atoms with van der Waals surface area (Å²) in [5.74, 6) is 4.48. The fourth-order valence-corrected chi connectivity index (χ4v) is 7.12. The maximum atomic E-state index is 2.99. The Kier molecular flexibility index (Phi) is 2.80. The van der Waals surface area contributed by atoms with Crippen molar-refractivity contribution in [3.63, 3.8) is 0 Å². The van der Waals surface area contributed by atoms with E-state index in [4.69, 9.17) is 0 Å². The predicted molar refractivity (Wildman–Crippen MR) is 82.5 cm³/mol. The molecule has 6 aliphatic rings. The molecular weight excluding hydrogens is 242 g/mol. The molecule has 1 heteroatoms. The van der Waals surface area contributed by atoms with Crippen molar-refractivity contribution in [3.8, 4) is 0 Å². The van der Waals surface area contributed by atoms with E-state index in [2.05, 4.69) is 4.90 Å². The van der Waals surface area contributed by atoms with Gasteiger partial charge in [0.15, 0.2) is 0 Å². The van der Waals surface area contributed by atoms with E-state index in [1.54, 1.807) is 44.9 Å². The Hall–Kier alpha value is -0.0400. The fourth-order valence-electron chi connectivity index (χ4n) is 7.12. The maximum absolute atomic E-state index is 2.99. The number of piperidine rings is 1. The van der Waals surface area contributed by atoms with Crippen molar-refractivity contribution in [3.05, 3.63) is 0 Å². The van der Waals surface area contributed by atoms with E-state index in [0.29, 0.717) is 0 Å². The van der Waals surface area contributed by atoms with Gasteiger partial charge < -0.3 is 0 Å². The zero-order valence-electron chi connectivity index (χ0n) is 13.0. The third-order valence-corrected chi connectivity index (χ3v) is 7.60. The average Bonchev–Trinajstić information content (AvgIpc) is 3.21. The van der Waals surface area contributed by atoms with Gasteiger partial charge >= 0.3 is 0 Å². The van der Waals surface area contributed by atoms with Gasteiger partial charge in [0.2, 0.25) is 0 Å². The van der Waals surface area contributed by atoms with Gasteiger partial charge in [-0.2, -0.15) is 0 Å². The molecule has 1 heterocycles. The van der Waals surface area contributed by atoms with Gasteiger partial charge in [-0.15, -0.1) is 0 Å². The molecule has 20 heavy (non-hydrogen) atoms. The molecule has 5 aliphatic carbocycles. The highest BCUT2D eigenvalue weighted by Gasteiger charge is 2.55.